The molecular weight excluding hydrogens is 228 g/mol. The smallest absolute Gasteiger partial charge is 0.253 e. The molecule has 1 aromatic carbocycles. The van der Waals surface area contributed by atoms with Gasteiger partial charge >= 0.3 is 0 Å². The van der Waals surface area contributed by atoms with E-state index in [1.165, 1.54) is 0 Å². The van der Waals surface area contributed by atoms with Crippen molar-refractivity contribution >= 4 is 5.91 Å². The topological polar surface area (TPSA) is 53.3 Å². The Morgan fingerprint density at radius 1 is 1.50 bits per heavy atom. The molecule has 1 aliphatic heterocycles. The molecule has 1 amide bonds. The molecule has 0 bridgehead atoms. The Morgan fingerprint density at radius 3 is 2.78 bits per heavy atom. The summed E-state index contributed by atoms with van der Waals surface area (Å²) in [4.78, 5) is 14.0. The van der Waals surface area contributed by atoms with E-state index in [9.17, 15) is 4.79 Å². The van der Waals surface area contributed by atoms with E-state index in [0.717, 1.165) is 18.5 Å². The van der Waals surface area contributed by atoms with Crippen LogP contribution in [0.1, 0.15) is 22.3 Å². The van der Waals surface area contributed by atoms with Gasteiger partial charge in [0.1, 0.15) is 0 Å². The third kappa shape index (κ3) is 2.69. The Balaban J connectivity index is 2.03. The molecule has 0 radical (unpaired) electrons. The Hall–Kier alpha value is -1.86. The van der Waals surface area contributed by atoms with Gasteiger partial charge in [-0.2, -0.15) is 5.26 Å². The van der Waals surface area contributed by atoms with Gasteiger partial charge in [0.25, 0.3) is 5.91 Å². The molecule has 0 aliphatic carbocycles. The van der Waals surface area contributed by atoms with Crippen LogP contribution in [0.25, 0.3) is 0 Å². The van der Waals surface area contributed by atoms with Gasteiger partial charge in [-0.15, -0.1) is 0 Å². The molecule has 4 heteroatoms. The predicted molar refractivity (Wildman–Crippen MR) is 67.1 cm³/mol. The largest absolute Gasteiger partial charge is 0.380 e. The molecule has 0 N–H and O–H groups in total. The standard InChI is InChI=1S/C14H16N2O2/c1-18-13-7-9-16(10-13)14(17)12-4-2-11(3-5-12)6-8-15/h2-5,13H,6-7,9-10H2,1H3. The van der Waals surface area contributed by atoms with Crippen molar-refractivity contribution in [2.24, 2.45) is 0 Å². The van der Waals surface area contributed by atoms with E-state index in [4.69, 9.17) is 10.00 Å². The van der Waals surface area contributed by atoms with Gasteiger partial charge in [-0.05, 0) is 24.1 Å². The van der Waals surface area contributed by atoms with E-state index in [-0.39, 0.29) is 12.0 Å². The third-order valence-corrected chi connectivity index (χ3v) is 3.25. The zero-order valence-corrected chi connectivity index (χ0v) is 10.4. The highest BCUT2D eigenvalue weighted by atomic mass is 16.5. The van der Waals surface area contributed by atoms with Crippen LogP contribution >= 0.6 is 0 Å². The SMILES string of the molecule is COC1CCN(C(=O)c2ccc(CC#N)cc2)C1. The minimum atomic E-state index is 0.0399. The van der Waals surface area contributed by atoms with Gasteiger partial charge in [0.05, 0.1) is 18.6 Å². The van der Waals surface area contributed by atoms with E-state index >= 15 is 0 Å². The van der Waals surface area contributed by atoms with E-state index in [1.54, 1.807) is 19.2 Å². The number of likely N-dealkylation sites (tertiary alicyclic amines) is 1. The first-order valence-corrected chi connectivity index (χ1v) is 6.02. The molecule has 1 heterocycles. The number of carbonyl (C=O) groups excluding carboxylic acids is 1. The zero-order valence-electron chi connectivity index (χ0n) is 10.4. The average Bonchev–Trinajstić information content (AvgIpc) is 2.88. The Morgan fingerprint density at radius 2 is 2.22 bits per heavy atom. The van der Waals surface area contributed by atoms with E-state index < -0.39 is 0 Å². The number of rotatable bonds is 3. The van der Waals surface area contributed by atoms with Gasteiger partial charge in [-0.1, -0.05) is 12.1 Å². The minimum absolute atomic E-state index is 0.0399. The third-order valence-electron chi connectivity index (χ3n) is 3.25. The number of nitrogens with zero attached hydrogens (tertiary/aromatic N) is 2. The summed E-state index contributed by atoms with van der Waals surface area (Å²) < 4.78 is 5.25. The molecule has 1 atom stereocenters. The van der Waals surface area contributed by atoms with Crippen molar-refractivity contribution in [3.63, 3.8) is 0 Å². The number of ether oxygens (including phenoxy) is 1. The molecule has 1 unspecified atom stereocenters. The molecule has 1 aromatic rings. The summed E-state index contributed by atoms with van der Waals surface area (Å²) in [7, 11) is 1.68. The lowest BCUT2D eigenvalue weighted by Crippen LogP contribution is -2.29. The van der Waals surface area contributed by atoms with Crippen molar-refractivity contribution in [3.8, 4) is 6.07 Å². The molecule has 94 valence electrons. The second kappa shape index (κ2) is 5.65. The van der Waals surface area contributed by atoms with Gasteiger partial charge in [0.15, 0.2) is 0 Å². The molecular formula is C14H16N2O2. The first kappa shape index (κ1) is 12.6. The first-order chi connectivity index (χ1) is 8.74. The molecule has 1 aliphatic rings. The van der Waals surface area contributed by atoms with Gasteiger partial charge in [-0.25, -0.2) is 0 Å². The molecule has 4 nitrogen and oxygen atoms in total. The summed E-state index contributed by atoms with van der Waals surface area (Å²) in [5, 5.41) is 8.59. The maximum atomic E-state index is 12.2. The number of hydrogen-bond acceptors (Lipinski definition) is 3. The van der Waals surface area contributed by atoms with Crippen molar-refractivity contribution in [1.29, 1.82) is 5.26 Å². The minimum Gasteiger partial charge on any atom is -0.380 e. The average molecular weight is 244 g/mol. The van der Waals surface area contributed by atoms with Crippen molar-refractivity contribution in [1.82, 2.24) is 4.90 Å². The lowest BCUT2D eigenvalue weighted by Gasteiger charge is -2.16. The van der Waals surface area contributed by atoms with Crippen LogP contribution < -0.4 is 0 Å². The van der Waals surface area contributed by atoms with Crippen LogP contribution in [-0.2, 0) is 11.2 Å². The van der Waals surface area contributed by atoms with Crippen LogP contribution in [0, 0.1) is 11.3 Å². The van der Waals surface area contributed by atoms with Crippen molar-refractivity contribution < 1.29 is 9.53 Å². The molecule has 1 saturated heterocycles. The molecule has 2 rings (SSSR count). The number of methoxy groups -OCH3 is 1. The van der Waals surface area contributed by atoms with Crippen molar-refractivity contribution in [2.45, 2.75) is 18.9 Å². The van der Waals surface area contributed by atoms with Crippen LogP contribution in [0.3, 0.4) is 0 Å². The van der Waals surface area contributed by atoms with Gasteiger partial charge in [-0.3, -0.25) is 4.79 Å². The van der Waals surface area contributed by atoms with E-state index in [0.29, 0.717) is 18.5 Å². The fourth-order valence-corrected chi connectivity index (χ4v) is 2.14. The summed E-state index contributed by atoms with van der Waals surface area (Å²) in [5.74, 6) is 0.0399. The number of carbonyl (C=O) groups is 1. The second-order valence-corrected chi connectivity index (χ2v) is 4.43. The summed E-state index contributed by atoms with van der Waals surface area (Å²) in [6.07, 6.45) is 1.44. The lowest BCUT2D eigenvalue weighted by molar-refractivity contribution is 0.0724. The van der Waals surface area contributed by atoms with Crippen molar-refractivity contribution in [2.75, 3.05) is 20.2 Å². The van der Waals surface area contributed by atoms with Crippen molar-refractivity contribution in [3.05, 3.63) is 35.4 Å². The summed E-state index contributed by atoms with van der Waals surface area (Å²) in [6, 6.07) is 9.33. The van der Waals surface area contributed by atoms with E-state index in [1.807, 2.05) is 17.0 Å². The van der Waals surface area contributed by atoms with Gasteiger partial charge in [0.2, 0.25) is 0 Å². The van der Waals surface area contributed by atoms with Crippen LogP contribution in [0.2, 0.25) is 0 Å². The maximum absolute atomic E-state index is 12.2. The fraction of sp³-hybridized carbons (Fsp3) is 0.429. The Kier molecular flexibility index (Phi) is 3.96. The summed E-state index contributed by atoms with van der Waals surface area (Å²) in [6.45, 7) is 1.41. The molecule has 1 fully saturated rings. The Labute approximate surface area is 107 Å². The van der Waals surface area contributed by atoms with Crippen LogP contribution in [0.15, 0.2) is 24.3 Å². The van der Waals surface area contributed by atoms with Crippen LogP contribution in [-0.4, -0.2) is 37.1 Å². The first-order valence-electron chi connectivity index (χ1n) is 6.02. The normalized spacial score (nSPS) is 18.7. The monoisotopic (exact) mass is 244 g/mol. The molecule has 0 spiro atoms. The maximum Gasteiger partial charge on any atom is 0.253 e. The summed E-state index contributed by atoms with van der Waals surface area (Å²) >= 11 is 0. The number of amides is 1. The zero-order chi connectivity index (χ0) is 13.0. The molecule has 0 aromatic heterocycles. The number of hydrogen-bond donors (Lipinski definition) is 0. The van der Waals surface area contributed by atoms with Crippen LogP contribution in [0.4, 0.5) is 0 Å². The summed E-state index contributed by atoms with van der Waals surface area (Å²) in [5.41, 5.74) is 1.61. The predicted octanol–water partition coefficient (Wildman–Crippen LogP) is 1.61. The van der Waals surface area contributed by atoms with Gasteiger partial charge in [0, 0.05) is 25.8 Å². The quantitative estimate of drug-likeness (QED) is 0.811. The number of benzene rings is 1. The Bertz CT molecular complexity index is 462. The van der Waals surface area contributed by atoms with Crippen LogP contribution in [0.5, 0.6) is 0 Å². The second-order valence-electron chi connectivity index (χ2n) is 4.43. The molecule has 18 heavy (non-hydrogen) atoms. The highest BCUT2D eigenvalue weighted by Gasteiger charge is 2.26. The van der Waals surface area contributed by atoms with Gasteiger partial charge < -0.3 is 9.64 Å². The lowest BCUT2D eigenvalue weighted by atomic mass is 10.1. The highest BCUT2D eigenvalue weighted by molar-refractivity contribution is 5.94. The molecule has 0 saturated carbocycles. The fourth-order valence-electron chi connectivity index (χ4n) is 2.14. The highest BCUT2D eigenvalue weighted by Crippen LogP contribution is 2.16. The van der Waals surface area contributed by atoms with E-state index in [2.05, 4.69) is 6.07 Å². The number of nitriles is 1.